The fourth-order valence-electron chi connectivity index (χ4n) is 2.19. The van der Waals surface area contributed by atoms with Crippen LogP contribution >= 0.6 is 12.4 Å². The largest absolute Gasteiger partial charge is 0.361 e. The van der Waals surface area contributed by atoms with Gasteiger partial charge in [0.25, 0.3) is 0 Å². The first kappa shape index (κ1) is 13.5. The van der Waals surface area contributed by atoms with Crippen LogP contribution in [0.3, 0.4) is 0 Å². The average molecular weight is 246 g/mol. The lowest BCUT2D eigenvalue weighted by Gasteiger charge is -2.30. The maximum Gasteiger partial charge on any atom is 0.138 e. The van der Waals surface area contributed by atoms with Gasteiger partial charge in [0, 0.05) is 24.7 Å². The molecule has 1 saturated heterocycles. The smallest absolute Gasteiger partial charge is 0.138 e. The molecule has 1 aromatic rings. The van der Waals surface area contributed by atoms with E-state index in [-0.39, 0.29) is 12.4 Å². The fourth-order valence-corrected chi connectivity index (χ4v) is 2.19. The Morgan fingerprint density at radius 3 is 2.81 bits per heavy atom. The van der Waals surface area contributed by atoms with E-state index in [0.29, 0.717) is 6.04 Å². The topological polar surface area (TPSA) is 55.3 Å². The molecular weight excluding hydrogens is 226 g/mol. The summed E-state index contributed by atoms with van der Waals surface area (Å²) in [5, 5.41) is 3.97. The zero-order chi connectivity index (χ0) is 10.8. The van der Waals surface area contributed by atoms with Crippen molar-refractivity contribution in [2.75, 3.05) is 13.1 Å². The Labute approximate surface area is 103 Å². The molecule has 2 heterocycles. The minimum absolute atomic E-state index is 0. The van der Waals surface area contributed by atoms with Gasteiger partial charge in [-0.25, -0.2) is 0 Å². The van der Waals surface area contributed by atoms with Crippen LogP contribution in [0, 0.1) is 13.8 Å². The van der Waals surface area contributed by atoms with Crippen molar-refractivity contribution in [3.63, 3.8) is 0 Å². The SMILES string of the molecule is Cc1noc(C)c1CN1CCC[C@@H](N)C1.Cl. The van der Waals surface area contributed by atoms with Crippen LogP contribution < -0.4 is 5.73 Å². The molecule has 0 spiro atoms. The van der Waals surface area contributed by atoms with E-state index >= 15 is 0 Å². The van der Waals surface area contributed by atoms with Crippen LogP contribution in [0.25, 0.3) is 0 Å². The highest BCUT2D eigenvalue weighted by atomic mass is 35.5. The van der Waals surface area contributed by atoms with Crippen LogP contribution in [0.15, 0.2) is 4.52 Å². The third kappa shape index (κ3) is 2.97. The maximum absolute atomic E-state index is 5.95. The molecule has 1 fully saturated rings. The number of rotatable bonds is 2. The Balaban J connectivity index is 0.00000128. The molecule has 0 amide bonds. The maximum atomic E-state index is 5.95. The zero-order valence-electron chi connectivity index (χ0n) is 9.90. The van der Waals surface area contributed by atoms with Crippen LogP contribution in [-0.4, -0.2) is 29.2 Å². The van der Waals surface area contributed by atoms with Crippen molar-refractivity contribution in [2.45, 2.75) is 39.3 Å². The third-order valence-electron chi connectivity index (χ3n) is 3.10. The van der Waals surface area contributed by atoms with E-state index in [1.165, 1.54) is 12.0 Å². The minimum atomic E-state index is 0. The van der Waals surface area contributed by atoms with Crippen molar-refractivity contribution < 1.29 is 4.52 Å². The van der Waals surface area contributed by atoms with Gasteiger partial charge in [-0.3, -0.25) is 4.90 Å². The first-order chi connectivity index (χ1) is 7.16. The van der Waals surface area contributed by atoms with E-state index in [4.69, 9.17) is 10.3 Å². The van der Waals surface area contributed by atoms with E-state index in [2.05, 4.69) is 10.1 Å². The molecule has 1 aliphatic rings. The van der Waals surface area contributed by atoms with E-state index < -0.39 is 0 Å². The lowest BCUT2D eigenvalue weighted by molar-refractivity contribution is 0.200. The van der Waals surface area contributed by atoms with E-state index in [1.54, 1.807) is 0 Å². The molecule has 1 aromatic heterocycles. The quantitative estimate of drug-likeness (QED) is 0.861. The second kappa shape index (κ2) is 5.66. The third-order valence-corrected chi connectivity index (χ3v) is 3.10. The van der Waals surface area contributed by atoms with Gasteiger partial charge in [0.05, 0.1) is 5.69 Å². The number of piperidine rings is 1. The highest BCUT2D eigenvalue weighted by Gasteiger charge is 2.19. The van der Waals surface area contributed by atoms with Crippen LogP contribution in [0.4, 0.5) is 0 Å². The normalized spacial score (nSPS) is 21.8. The average Bonchev–Trinajstić information content (AvgIpc) is 2.50. The summed E-state index contributed by atoms with van der Waals surface area (Å²) >= 11 is 0. The molecule has 0 aliphatic carbocycles. The molecule has 1 atom stereocenters. The first-order valence-corrected chi connectivity index (χ1v) is 5.56. The second-order valence-electron chi connectivity index (χ2n) is 4.44. The molecule has 16 heavy (non-hydrogen) atoms. The zero-order valence-corrected chi connectivity index (χ0v) is 10.7. The summed E-state index contributed by atoms with van der Waals surface area (Å²) < 4.78 is 5.16. The Morgan fingerprint density at radius 2 is 2.25 bits per heavy atom. The highest BCUT2D eigenvalue weighted by molar-refractivity contribution is 5.85. The van der Waals surface area contributed by atoms with Gasteiger partial charge in [0.15, 0.2) is 0 Å². The summed E-state index contributed by atoms with van der Waals surface area (Å²) in [4.78, 5) is 2.39. The molecular formula is C11H20ClN3O. The van der Waals surface area contributed by atoms with Crippen molar-refractivity contribution in [3.05, 3.63) is 17.0 Å². The van der Waals surface area contributed by atoms with Crippen LogP contribution in [0.2, 0.25) is 0 Å². The molecule has 1 aliphatic heterocycles. The van der Waals surface area contributed by atoms with Crippen molar-refractivity contribution in [1.82, 2.24) is 10.1 Å². The van der Waals surface area contributed by atoms with Gasteiger partial charge >= 0.3 is 0 Å². The van der Waals surface area contributed by atoms with Crippen LogP contribution in [0.1, 0.15) is 29.9 Å². The fraction of sp³-hybridized carbons (Fsp3) is 0.727. The summed E-state index contributed by atoms with van der Waals surface area (Å²) in [5.41, 5.74) is 8.18. The summed E-state index contributed by atoms with van der Waals surface area (Å²) in [5.74, 6) is 0.937. The van der Waals surface area contributed by atoms with E-state index in [9.17, 15) is 0 Å². The monoisotopic (exact) mass is 245 g/mol. The number of aryl methyl sites for hydroxylation is 2. The molecule has 4 nitrogen and oxygen atoms in total. The Morgan fingerprint density at radius 1 is 1.50 bits per heavy atom. The number of hydrogen-bond donors (Lipinski definition) is 1. The summed E-state index contributed by atoms with van der Waals surface area (Å²) in [7, 11) is 0. The number of halogens is 1. The van der Waals surface area contributed by atoms with Crippen molar-refractivity contribution in [2.24, 2.45) is 5.73 Å². The Kier molecular flexibility index (Phi) is 4.77. The molecule has 2 N–H and O–H groups in total. The number of hydrogen-bond acceptors (Lipinski definition) is 4. The molecule has 0 saturated carbocycles. The van der Waals surface area contributed by atoms with Gasteiger partial charge in [-0.15, -0.1) is 12.4 Å². The highest BCUT2D eigenvalue weighted by Crippen LogP contribution is 2.17. The van der Waals surface area contributed by atoms with Crippen molar-refractivity contribution in [1.29, 1.82) is 0 Å². The summed E-state index contributed by atoms with van der Waals surface area (Å²) in [6.07, 6.45) is 2.35. The molecule has 92 valence electrons. The second-order valence-corrected chi connectivity index (χ2v) is 4.44. The summed E-state index contributed by atoms with van der Waals surface area (Å²) in [6, 6.07) is 0.333. The van der Waals surface area contributed by atoms with Crippen LogP contribution in [-0.2, 0) is 6.54 Å². The first-order valence-electron chi connectivity index (χ1n) is 5.56. The van der Waals surface area contributed by atoms with Gasteiger partial charge < -0.3 is 10.3 Å². The van der Waals surface area contributed by atoms with Crippen molar-refractivity contribution >= 4 is 12.4 Å². The standard InChI is InChI=1S/C11H19N3O.ClH/c1-8-11(9(2)15-13-8)7-14-5-3-4-10(12)6-14;/h10H,3-7,12H2,1-2H3;1H/t10-;/m1./s1. The van der Waals surface area contributed by atoms with Crippen LogP contribution in [0.5, 0.6) is 0 Å². The molecule has 5 heteroatoms. The van der Waals surface area contributed by atoms with Gasteiger partial charge in [-0.1, -0.05) is 5.16 Å². The Hall–Kier alpha value is -0.580. The minimum Gasteiger partial charge on any atom is -0.361 e. The number of nitrogens with two attached hydrogens (primary N) is 1. The van der Waals surface area contributed by atoms with Gasteiger partial charge in [-0.2, -0.15) is 0 Å². The Bertz CT molecular complexity index is 320. The predicted molar refractivity (Wildman–Crippen MR) is 65.7 cm³/mol. The predicted octanol–water partition coefficient (Wildman–Crippen LogP) is 1.64. The molecule has 0 bridgehead atoms. The van der Waals surface area contributed by atoms with Gasteiger partial charge in [0.2, 0.25) is 0 Å². The number of aromatic nitrogens is 1. The van der Waals surface area contributed by atoms with Gasteiger partial charge in [0.1, 0.15) is 5.76 Å². The molecule has 0 unspecified atom stereocenters. The number of likely N-dealkylation sites (tertiary alicyclic amines) is 1. The summed E-state index contributed by atoms with van der Waals surface area (Å²) in [6.45, 7) is 7.02. The molecule has 0 radical (unpaired) electrons. The molecule has 0 aromatic carbocycles. The van der Waals surface area contributed by atoms with E-state index in [1.807, 2.05) is 13.8 Å². The lowest BCUT2D eigenvalue weighted by Crippen LogP contribution is -2.42. The molecule has 2 rings (SSSR count). The van der Waals surface area contributed by atoms with Crippen molar-refractivity contribution in [3.8, 4) is 0 Å². The number of nitrogens with zero attached hydrogens (tertiary/aromatic N) is 2. The van der Waals surface area contributed by atoms with Gasteiger partial charge in [-0.05, 0) is 33.2 Å². The van der Waals surface area contributed by atoms with E-state index in [0.717, 1.165) is 37.5 Å². The lowest BCUT2D eigenvalue weighted by atomic mass is 10.1.